The summed E-state index contributed by atoms with van der Waals surface area (Å²) in [7, 11) is -7.32. The number of rotatable bonds is 7. The van der Waals surface area contributed by atoms with Gasteiger partial charge in [-0.25, -0.2) is 21.6 Å². The Labute approximate surface area is 135 Å². The van der Waals surface area contributed by atoms with Crippen LogP contribution in [0.3, 0.4) is 0 Å². The fraction of sp³-hybridized carbons (Fsp3) is 0.308. The molecular weight excluding hydrogens is 340 g/mol. The number of hydrogen-bond donors (Lipinski definition) is 2. The van der Waals surface area contributed by atoms with Gasteiger partial charge in [-0.2, -0.15) is 5.10 Å². The molecule has 0 bridgehead atoms. The van der Waals surface area contributed by atoms with Crippen molar-refractivity contribution in [3.05, 3.63) is 36.7 Å². The third-order valence-corrected chi connectivity index (χ3v) is 5.89. The third kappa shape index (κ3) is 4.09. The Morgan fingerprint density at radius 3 is 2.17 bits per heavy atom. The van der Waals surface area contributed by atoms with E-state index < -0.39 is 20.0 Å². The molecule has 23 heavy (non-hydrogen) atoms. The Morgan fingerprint density at radius 1 is 1.00 bits per heavy atom. The second-order valence-corrected chi connectivity index (χ2v) is 8.11. The van der Waals surface area contributed by atoms with Gasteiger partial charge < -0.3 is 0 Å². The minimum atomic E-state index is -3.76. The second-order valence-electron chi connectivity index (χ2n) is 4.66. The number of hydrogen-bond acceptors (Lipinski definition) is 5. The van der Waals surface area contributed by atoms with Crippen molar-refractivity contribution in [2.24, 2.45) is 0 Å². The quantitative estimate of drug-likeness (QED) is 0.767. The van der Waals surface area contributed by atoms with Gasteiger partial charge in [0.2, 0.25) is 10.0 Å². The van der Waals surface area contributed by atoms with E-state index in [1.54, 1.807) is 6.92 Å². The number of aromatic nitrogens is 2. The first kappa shape index (κ1) is 17.4. The lowest BCUT2D eigenvalue weighted by molar-refractivity contribution is 0.584. The predicted molar refractivity (Wildman–Crippen MR) is 86.0 cm³/mol. The minimum Gasteiger partial charge on any atom is -0.280 e. The van der Waals surface area contributed by atoms with Gasteiger partial charge in [-0.3, -0.25) is 9.40 Å². The van der Waals surface area contributed by atoms with E-state index in [0.717, 1.165) is 0 Å². The van der Waals surface area contributed by atoms with E-state index in [4.69, 9.17) is 0 Å². The molecule has 1 aromatic carbocycles. The van der Waals surface area contributed by atoms with Crippen LogP contribution < -0.4 is 9.44 Å². The van der Waals surface area contributed by atoms with Crippen molar-refractivity contribution in [1.82, 2.24) is 14.5 Å². The van der Waals surface area contributed by atoms with Crippen LogP contribution in [0.15, 0.2) is 46.5 Å². The number of aryl methyl sites for hydroxylation is 1. The Hall–Kier alpha value is -1.91. The number of anilines is 1. The van der Waals surface area contributed by atoms with Crippen molar-refractivity contribution < 1.29 is 16.8 Å². The summed E-state index contributed by atoms with van der Waals surface area (Å²) in [5.74, 6) is 0. The zero-order valence-corrected chi connectivity index (χ0v) is 14.4. The van der Waals surface area contributed by atoms with Crippen molar-refractivity contribution in [2.75, 3.05) is 11.3 Å². The monoisotopic (exact) mass is 358 g/mol. The van der Waals surface area contributed by atoms with E-state index in [-0.39, 0.29) is 22.0 Å². The molecule has 0 saturated heterocycles. The van der Waals surface area contributed by atoms with E-state index in [0.29, 0.717) is 6.54 Å². The maximum absolute atomic E-state index is 12.2. The number of nitrogens with one attached hydrogen (secondary N) is 2. The lowest BCUT2D eigenvalue weighted by atomic mass is 10.3. The average Bonchev–Trinajstić information content (AvgIpc) is 2.97. The first-order valence-corrected chi connectivity index (χ1v) is 9.90. The van der Waals surface area contributed by atoms with E-state index >= 15 is 0 Å². The van der Waals surface area contributed by atoms with Gasteiger partial charge in [-0.1, -0.05) is 6.92 Å². The molecule has 0 saturated carbocycles. The van der Waals surface area contributed by atoms with Crippen LogP contribution in [0.4, 0.5) is 5.69 Å². The summed E-state index contributed by atoms with van der Waals surface area (Å²) < 4.78 is 54.3. The van der Waals surface area contributed by atoms with Crippen LogP contribution in [0.1, 0.15) is 13.8 Å². The van der Waals surface area contributed by atoms with Crippen LogP contribution >= 0.6 is 0 Å². The van der Waals surface area contributed by atoms with Gasteiger partial charge in [0.1, 0.15) is 4.90 Å². The summed E-state index contributed by atoms with van der Waals surface area (Å²) in [6, 6.07) is 5.47. The van der Waals surface area contributed by atoms with Gasteiger partial charge in [0, 0.05) is 25.0 Å². The van der Waals surface area contributed by atoms with Gasteiger partial charge in [-0.05, 0) is 31.2 Å². The molecule has 0 amide bonds. The molecule has 126 valence electrons. The molecule has 2 rings (SSSR count). The van der Waals surface area contributed by atoms with Crippen molar-refractivity contribution >= 4 is 25.7 Å². The average molecular weight is 358 g/mol. The molecule has 0 fully saturated rings. The molecule has 0 aliphatic carbocycles. The standard InChI is InChI=1S/C13H18N4O4S2/c1-3-15-22(18,19)12-7-5-11(6-8-12)16-23(20,21)13-9-14-17(4-2)10-13/h5-10,15-16H,3-4H2,1-2H3. The predicted octanol–water partition coefficient (Wildman–Crippen LogP) is 1.00. The molecule has 2 aromatic rings. The first-order valence-electron chi connectivity index (χ1n) is 6.93. The summed E-state index contributed by atoms with van der Waals surface area (Å²) in [5, 5.41) is 3.92. The smallest absolute Gasteiger partial charge is 0.265 e. The first-order chi connectivity index (χ1) is 10.8. The summed E-state index contributed by atoms with van der Waals surface area (Å²) in [6.07, 6.45) is 2.68. The molecule has 0 unspecified atom stereocenters. The number of sulfonamides is 2. The number of benzene rings is 1. The van der Waals surface area contributed by atoms with Crippen LogP contribution in [0, 0.1) is 0 Å². The highest BCUT2D eigenvalue weighted by Gasteiger charge is 2.17. The van der Waals surface area contributed by atoms with Gasteiger partial charge >= 0.3 is 0 Å². The molecule has 0 atom stereocenters. The van der Waals surface area contributed by atoms with Crippen molar-refractivity contribution in [3.8, 4) is 0 Å². The lowest BCUT2D eigenvalue weighted by Gasteiger charge is -2.08. The molecule has 1 heterocycles. The largest absolute Gasteiger partial charge is 0.280 e. The molecule has 2 N–H and O–H groups in total. The van der Waals surface area contributed by atoms with Crippen molar-refractivity contribution in [1.29, 1.82) is 0 Å². The molecule has 10 heteroatoms. The zero-order valence-electron chi connectivity index (χ0n) is 12.7. The highest BCUT2D eigenvalue weighted by molar-refractivity contribution is 7.92. The van der Waals surface area contributed by atoms with E-state index in [1.165, 1.54) is 41.3 Å². The van der Waals surface area contributed by atoms with E-state index in [2.05, 4.69) is 14.5 Å². The Bertz CT molecular complexity index is 871. The summed E-state index contributed by atoms with van der Waals surface area (Å²) >= 11 is 0. The SMILES string of the molecule is CCNS(=O)(=O)c1ccc(NS(=O)(=O)c2cnn(CC)c2)cc1. The molecule has 0 aliphatic rings. The fourth-order valence-corrected chi connectivity index (χ4v) is 3.90. The van der Waals surface area contributed by atoms with Crippen molar-refractivity contribution in [3.63, 3.8) is 0 Å². The van der Waals surface area contributed by atoms with Crippen LogP contribution in [0.25, 0.3) is 0 Å². The summed E-state index contributed by atoms with van der Waals surface area (Å²) in [5.41, 5.74) is 0.268. The van der Waals surface area contributed by atoms with Gasteiger partial charge in [0.25, 0.3) is 10.0 Å². The maximum atomic E-state index is 12.2. The molecule has 0 radical (unpaired) electrons. The van der Waals surface area contributed by atoms with Gasteiger partial charge in [0.05, 0.1) is 11.1 Å². The third-order valence-electron chi connectivity index (χ3n) is 3.00. The molecular formula is C13H18N4O4S2. The highest BCUT2D eigenvalue weighted by atomic mass is 32.2. The normalized spacial score (nSPS) is 12.3. The van der Waals surface area contributed by atoms with Gasteiger partial charge in [-0.15, -0.1) is 0 Å². The highest BCUT2D eigenvalue weighted by Crippen LogP contribution is 2.18. The fourth-order valence-electron chi connectivity index (χ4n) is 1.85. The van der Waals surface area contributed by atoms with Crippen LogP contribution in [0.5, 0.6) is 0 Å². The van der Waals surface area contributed by atoms with Crippen molar-refractivity contribution in [2.45, 2.75) is 30.2 Å². The number of nitrogens with zero attached hydrogens (tertiary/aromatic N) is 2. The molecule has 0 spiro atoms. The second kappa shape index (κ2) is 6.69. The maximum Gasteiger partial charge on any atom is 0.265 e. The van der Waals surface area contributed by atoms with Crippen LogP contribution in [-0.4, -0.2) is 33.2 Å². The minimum absolute atomic E-state index is 0.0451. The Morgan fingerprint density at radius 2 is 1.65 bits per heavy atom. The van der Waals surface area contributed by atoms with Crippen LogP contribution in [0.2, 0.25) is 0 Å². The lowest BCUT2D eigenvalue weighted by Crippen LogP contribution is -2.23. The van der Waals surface area contributed by atoms with E-state index in [1.807, 2.05) is 6.92 Å². The topological polar surface area (TPSA) is 110 Å². The molecule has 8 nitrogen and oxygen atoms in total. The van der Waals surface area contributed by atoms with Gasteiger partial charge in [0.15, 0.2) is 0 Å². The molecule has 1 aromatic heterocycles. The summed E-state index contributed by atoms with van der Waals surface area (Å²) in [6.45, 7) is 4.36. The van der Waals surface area contributed by atoms with Crippen LogP contribution in [-0.2, 0) is 26.6 Å². The van der Waals surface area contributed by atoms with E-state index in [9.17, 15) is 16.8 Å². The molecule has 0 aliphatic heterocycles. The Kier molecular flexibility index (Phi) is 5.07. The Balaban J connectivity index is 2.20. The zero-order chi connectivity index (χ0) is 17.1. The summed E-state index contributed by atoms with van der Waals surface area (Å²) in [4.78, 5) is 0.116.